The number of nitrogens with zero attached hydrogens (tertiary/aromatic N) is 1. The fourth-order valence-electron chi connectivity index (χ4n) is 1.90. The predicted molar refractivity (Wildman–Crippen MR) is 84.7 cm³/mol. The lowest BCUT2D eigenvalue weighted by Crippen LogP contribution is -2.21. The summed E-state index contributed by atoms with van der Waals surface area (Å²) in [6.45, 7) is 0.810. The smallest absolute Gasteiger partial charge is 0.148 e. The Morgan fingerprint density at radius 1 is 1.32 bits per heavy atom. The molecule has 0 radical (unpaired) electrons. The van der Waals surface area contributed by atoms with Gasteiger partial charge in [-0.15, -0.1) is 0 Å². The van der Waals surface area contributed by atoms with Crippen LogP contribution in [-0.4, -0.2) is 27.0 Å². The number of furan rings is 1. The van der Waals surface area contributed by atoms with E-state index >= 15 is 0 Å². The molecule has 0 saturated heterocycles. The summed E-state index contributed by atoms with van der Waals surface area (Å²) < 4.78 is 27.7. The third-order valence-electron chi connectivity index (χ3n) is 3.07. The molecule has 22 heavy (non-hydrogen) atoms. The third kappa shape index (κ3) is 4.35. The van der Waals surface area contributed by atoms with E-state index in [9.17, 15) is 8.42 Å². The van der Waals surface area contributed by atoms with Gasteiger partial charge in [0.2, 0.25) is 0 Å². The summed E-state index contributed by atoms with van der Waals surface area (Å²) in [5.74, 6) is 1.42. The summed E-state index contributed by atoms with van der Waals surface area (Å²) in [6.07, 6.45) is 1.20. The Kier molecular flexibility index (Phi) is 4.85. The van der Waals surface area contributed by atoms with Gasteiger partial charge in [0, 0.05) is 24.1 Å². The van der Waals surface area contributed by atoms with Crippen molar-refractivity contribution < 1.29 is 12.8 Å². The molecule has 0 spiro atoms. The zero-order chi connectivity index (χ0) is 16.2. The third-order valence-corrected chi connectivity index (χ3v) is 4.01. The van der Waals surface area contributed by atoms with Crippen LogP contribution in [0.4, 0.5) is 5.69 Å². The number of nitrogens with one attached hydrogen (secondary N) is 1. The molecule has 116 valence electrons. The zero-order valence-corrected chi connectivity index (χ0v) is 13.0. The molecule has 3 N–H and O–H groups in total. The number of hydrogen-bond acceptors (Lipinski definition) is 6. The molecule has 1 aromatic heterocycles. The first-order valence-electron chi connectivity index (χ1n) is 6.66. The highest BCUT2D eigenvalue weighted by atomic mass is 32.2. The molecule has 6 nitrogen and oxygen atoms in total. The topological polar surface area (TPSA) is 109 Å². The summed E-state index contributed by atoms with van der Waals surface area (Å²) in [7, 11) is -2.96. The molecule has 2 aromatic rings. The molecule has 0 atom stereocenters. The lowest BCUT2D eigenvalue weighted by atomic mass is 10.1. The van der Waals surface area contributed by atoms with E-state index in [0.717, 1.165) is 5.56 Å². The van der Waals surface area contributed by atoms with Crippen LogP contribution in [0.3, 0.4) is 0 Å². The predicted octanol–water partition coefficient (Wildman–Crippen LogP) is 1.53. The number of rotatable bonds is 6. The number of nitriles is 1. The molecule has 0 aliphatic rings. The Morgan fingerprint density at radius 2 is 2.09 bits per heavy atom. The molecule has 2 rings (SSSR count). The van der Waals surface area contributed by atoms with E-state index in [1.165, 1.54) is 6.26 Å². The van der Waals surface area contributed by atoms with Gasteiger partial charge in [0.25, 0.3) is 0 Å². The summed E-state index contributed by atoms with van der Waals surface area (Å²) in [4.78, 5) is 0. The minimum atomic E-state index is -2.96. The highest BCUT2D eigenvalue weighted by Crippen LogP contribution is 2.25. The average Bonchev–Trinajstić information content (AvgIpc) is 2.92. The number of nitrogen functional groups attached to an aromatic ring is 1. The number of benzene rings is 1. The summed E-state index contributed by atoms with van der Waals surface area (Å²) >= 11 is 0. The Bertz CT molecular complexity index is 804. The highest BCUT2D eigenvalue weighted by Gasteiger charge is 2.08. The highest BCUT2D eigenvalue weighted by molar-refractivity contribution is 7.90. The van der Waals surface area contributed by atoms with Gasteiger partial charge in [0.05, 0.1) is 17.9 Å². The second-order valence-electron chi connectivity index (χ2n) is 4.99. The van der Waals surface area contributed by atoms with Crippen molar-refractivity contribution in [2.24, 2.45) is 0 Å². The molecule has 0 amide bonds. The van der Waals surface area contributed by atoms with Crippen molar-refractivity contribution >= 4 is 15.5 Å². The summed E-state index contributed by atoms with van der Waals surface area (Å²) in [5, 5.41) is 12.0. The molecule has 0 fully saturated rings. The maximum atomic E-state index is 11.0. The van der Waals surface area contributed by atoms with Crippen LogP contribution >= 0.6 is 0 Å². The van der Waals surface area contributed by atoms with Crippen LogP contribution in [0.1, 0.15) is 11.3 Å². The van der Waals surface area contributed by atoms with Crippen molar-refractivity contribution in [1.82, 2.24) is 5.32 Å². The van der Waals surface area contributed by atoms with Crippen LogP contribution < -0.4 is 11.1 Å². The van der Waals surface area contributed by atoms with Gasteiger partial charge in [-0.2, -0.15) is 5.26 Å². The van der Waals surface area contributed by atoms with Crippen LogP contribution in [0.25, 0.3) is 11.3 Å². The largest absolute Gasteiger partial charge is 0.460 e. The number of nitrogens with two attached hydrogens (primary N) is 1. The van der Waals surface area contributed by atoms with Crippen LogP contribution in [-0.2, 0) is 16.4 Å². The first-order valence-corrected chi connectivity index (χ1v) is 8.72. The number of sulfone groups is 1. The molecule has 0 unspecified atom stereocenters. The summed E-state index contributed by atoms with van der Waals surface area (Å²) in [5.41, 5.74) is 7.29. The lowest BCUT2D eigenvalue weighted by Gasteiger charge is -2.02. The first kappa shape index (κ1) is 16.1. The lowest BCUT2D eigenvalue weighted by molar-refractivity contribution is 0.498. The normalized spacial score (nSPS) is 11.3. The van der Waals surface area contributed by atoms with Crippen molar-refractivity contribution in [3.63, 3.8) is 0 Å². The van der Waals surface area contributed by atoms with E-state index in [0.29, 0.717) is 35.9 Å². The van der Waals surface area contributed by atoms with E-state index in [2.05, 4.69) is 5.32 Å². The van der Waals surface area contributed by atoms with Crippen molar-refractivity contribution in [3.8, 4) is 17.4 Å². The average molecular weight is 319 g/mol. The molecule has 0 aliphatic heterocycles. The quantitative estimate of drug-likeness (QED) is 0.617. The van der Waals surface area contributed by atoms with Crippen molar-refractivity contribution in [3.05, 3.63) is 41.7 Å². The van der Waals surface area contributed by atoms with Gasteiger partial charge in [-0.25, -0.2) is 8.42 Å². The molecule has 1 aromatic carbocycles. The van der Waals surface area contributed by atoms with Gasteiger partial charge >= 0.3 is 0 Å². The fourth-order valence-corrected chi connectivity index (χ4v) is 2.42. The standard InChI is InChI=1S/C15H17N3O3S/c1-22(19,20)7-6-18-10-13-3-5-15(21-13)11-2-4-14(17)12(8-11)9-16/h2-5,8,18H,6-7,10,17H2,1H3. The van der Waals surface area contributed by atoms with Gasteiger partial charge in [-0.1, -0.05) is 0 Å². The molecular weight excluding hydrogens is 302 g/mol. The van der Waals surface area contributed by atoms with Gasteiger partial charge in [0.1, 0.15) is 27.4 Å². The van der Waals surface area contributed by atoms with E-state index in [1.54, 1.807) is 24.3 Å². The monoisotopic (exact) mass is 319 g/mol. The van der Waals surface area contributed by atoms with E-state index < -0.39 is 9.84 Å². The molecule has 0 aliphatic carbocycles. The minimum Gasteiger partial charge on any atom is -0.460 e. The Labute approximate surface area is 129 Å². The SMILES string of the molecule is CS(=O)(=O)CCNCc1ccc(-c2ccc(N)c(C#N)c2)o1. The van der Waals surface area contributed by atoms with Crippen LogP contribution in [0.2, 0.25) is 0 Å². The van der Waals surface area contributed by atoms with Crippen LogP contribution in [0, 0.1) is 11.3 Å². The first-order chi connectivity index (χ1) is 10.4. The molecule has 1 heterocycles. The zero-order valence-electron chi connectivity index (χ0n) is 12.2. The van der Waals surface area contributed by atoms with Gasteiger partial charge < -0.3 is 15.5 Å². The van der Waals surface area contributed by atoms with Crippen molar-refractivity contribution in [2.75, 3.05) is 24.3 Å². The molecular formula is C15H17N3O3S. The second kappa shape index (κ2) is 6.64. The van der Waals surface area contributed by atoms with E-state index in [1.807, 2.05) is 12.1 Å². The van der Waals surface area contributed by atoms with Crippen molar-refractivity contribution in [1.29, 1.82) is 5.26 Å². The van der Waals surface area contributed by atoms with E-state index in [4.69, 9.17) is 15.4 Å². The van der Waals surface area contributed by atoms with E-state index in [-0.39, 0.29) is 5.75 Å². The van der Waals surface area contributed by atoms with Crippen molar-refractivity contribution in [2.45, 2.75) is 6.54 Å². The molecule has 7 heteroatoms. The molecule has 0 bridgehead atoms. The molecule has 0 saturated carbocycles. The Morgan fingerprint density at radius 3 is 2.77 bits per heavy atom. The fraction of sp³-hybridized carbons (Fsp3) is 0.267. The number of anilines is 1. The van der Waals surface area contributed by atoms with Crippen LogP contribution in [0.5, 0.6) is 0 Å². The van der Waals surface area contributed by atoms with Gasteiger partial charge in [-0.3, -0.25) is 0 Å². The second-order valence-corrected chi connectivity index (χ2v) is 7.25. The van der Waals surface area contributed by atoms with Gasteiger partial charge in [-0.05, 0) is 30.3 Å². The van der Waals surface area contributed by atoms with Crippen LogP contribution in [0.15, 0.2) is 34.7 Å². The maximum Gasteiger partial charge on any atom is 0.148 e. The Balaban J connectivity index is 2.01. The maximum absolute atomic E-state index is 11.0. The minimum absolute atomic E-state index is 0.0874. The van der Waals surface area contributed by atoms with Gasteiger partial charge in [0.15, 0.2) is 0 Å². The number of hydrogen-bond donors (Lipinski definition) is 2. The summed E-state index contributed by atoms with van der Waals surface area (Å²) in [6, 6.07) is 10.8. The Hall–Kier alpha value is -2.30.